The minimum Gasteiger partial charge on any atom is -0.461 e. The number of carbonyl (C=O) groups is 2. The monoisotopic (exact) mass is 471 g/mol. The Balaban J connectivity index is 1.58. The van der Waals surface area contributed by atoms with Crippen molar-refractivity contribution in [2.24, 2.45) is 0 Å². The third-order valence-corrected chi connectivity index (χ3v) is 7.21. The van der Waals surface area contributed by atoms with Gasteiger partial charge in [-0.2, -0.15) is 0 Å². The zero-order chi connectivity index (χ0) is 23.2. The van der Waals surface area contributed by atoms with Crippen molar-refractivity contribution in [1.29, 1.82) is 0 Å². The van der Waals surface area contributed by atoms with Crippen LogP contribution in [0, 0.1) is 6.92 Å². The van der Waals surface area contributed by atoms with Crippen LogP contribution in [0.2, 0.25) is 0 Å². The molecule has 1 atom stereocenters. The number of nitrogens with zero attached hydrogens (tertiary/aromatic N) is 2. The smallest absolute Gasteiger partial charge is 0.367 e. The van der Waals surface area contributed by atoms with Crippen LogP contribution in [0.1, 0.15) is 77.7 Å². The molecule has 3 heterocycles. The van der Waals surface area contributed by atoms with E-state index in [4.69, 9.17) is 9.47 Å². The van der Waals surface area contributed by atoms with Crippen LogP contribution in [0.25, 0.3) is 11.4 Å². The van der Waals surface area contributed by atoms with E-state index in [2.05, 4.69) is 20.9 Å². The highest BCUT2D eigenvalue weighted by Crippen LogP contribution is 2.30. The fraction of sp³-hybridized carbons (Fsp3) is 0.560. The van der Waals surface area contributed by atoms with Crippen LogP contribution in [0.4, 0.5) is 0 Å². The maximum Gasteiger partial charge on any atom is 0.367 e. The van der Waals surface area contributed by atoms with Gasteiger partial charge in [-0.15, -0.1) is 11.3 Å². The highest BCUT2D eigenvalue weighted by molar-refractivity contribution is 7.11. The second-order valence-corrected chi connectivity index (χ2v) is 9.50. The second kappa shape index (κ2) is 11.1. The van der Waals surface area contributed by atoms with Gasteiger partial charge in [0.05, 0.1) is 29.7 Å². The molecule has 0 aromatic carbocycles. The molecule has 2 aliphatic rings. The van der Waals surface area contributed by atoms with Gasteiger partial charge in [0, 0.05) is 30.8 Å². The lowest BCUT2D eigenvalue weighted by Gasteiger charge is -2.16. The Kier molecular flexibility index (Phi) is 7.98. The van der Waals surface area contributed by atoms with Gasteiger partial charge in [0.1, 0.15) is 0 Å². The number of allylic oxidation sites excluding steroid dienone is 2. The van der Waals surface area contributed by atoms with Crippen molar-refractivity contribution in [2.45, 2.75) is 71.4 Å². The summed E-state index contributed by atoms with van der Waals surface area (Å²) in [7, 11) is 0. The summed E-state index contributed by atoms with van der Waals surface area (Å²) in [5, 5.41) is 5.24. The molecule has 1 aliphatic heterocycles. The van der Waals surface area contributed by atoms with Crippen molar-refractivity contribution < 1.29 is 19.1 Å². The van der Waals surface area contributed by atoms with E-state index in [-0.39, 0.29) is 12.0 Å². The highest BCUT2D eigenvalue weighted by Gasteiger charge is 2.23. The second-order valence-electron chi connectivity index (χ2n) is 8.64. The SMILES string of the molecule is CCOC(=O)c1nc(-c2cc(C(=O)NCC3CCCO3)c(C)n2CCC2=CCCCC2)cs1. The van der Waals surface area contributed by atoms with Gasteiger partial charge < -0.3 is 19.4 Å². The molecule has 0 saturated carbocycles. The number of nitrogens with one attached hydrogen (secondary N) is 1. The average molecular weight is 472 g/mol. The molecule has 7 nitrogen and oxygen atoms in total. The molecule has 0 radical (unpaired) electrons. The van der Waals surface area contributed by atoms with E-state index in [0.717, 1.165) is 56.6 Å². The standard InChI is InChI=1S/C25H33N3O4S/c1-3-31-25(30)24-27-21(16-33-24)22-14-20(23(29)26-15-19-10-7-13-32-19)17(2)28(22)12-11-18-8-5-4-6-9-18/h8,14,16,19H,3-7,9-13,15H2,1-2H3,(H,26,29). The molecule has 0 spiro atoms. The fourth-order valence-corrected chi connectivity index (χ4v) is 5.25. The van der Waals surface area contributed by atoms with Gasteiger partial charge in [0.15, 0.2) is 0 Å². The summed E-state index contributed by atoms with van der Waals surface area (Å²) in [6, 6.07) is 1.90. The quantitative estimate of drug-likeness (QED) is 0.416. The van der Waals surface area contributed by atoms with Crippen molar-refractivity contribution in [2.75, 3.05) is 19.8 Å². The summed E-state index contributed by atoms with van der Waals surface area (Å²) >= 11 is 1.27. The van der Waals surface area contributed by atoms with E-state index in [0.29, 0.717) is 29.4 Å². The Morgan fingerprint density at radius 2 is 2.21 bits per heavy atom. The van der Waals surface area contributed by atoms with Crippen molar-refractivity contribution in [1.82, 2.24) is 14.9 Å². The molecule has 1 N–H and O–H groups in total. The molecule has 33 heavy (non-hydrogen) atoms. The third kappa shape index (κ3) is 5.73. The first-order valence-electron chi connectivity index (χ1n) is 12.0. The van der Waals surface area contributed by atoms with E-state index in [1.54, 1.807) is 6.92 Å². The summed E-state index contributed by atoms with van der Waals surface area (Å²) in [4.78, 5) is 29.7. The van der Waals surface area contributed by atoms with Gasteiger partial charge in [0.2, 0.25) is 5.01 Å². The summed E-state index contributed by atoms with van der Waals surface area (Å²) in [6.07, 6.45) is 10.2. The van der Waals surface area contributed by atoms with Crippen LogP contribution >= 0.6 is 11.3 Å². The number of ether oxygens (including phenoxy) is 2. The average Bonchev–Trinajstić information content (AvgIpc) is 3.57. The topological polar surface area (TPSA) is 82.4 Å². The molecular formula is C25H33N3O4S. The van der Waals surface area contributed by atoms with Crippen LogP contribution in [0.5, 0.6) is 0 Å². The number of hydrogen-bond acceptors (Lipinski definition) is 6. The van der Waals surface area contributed by atoms with E-state index in [9.17, 15) is 9.59 Å². The minimum absolute atomic E-state index is 0.0965. The van der Waals surface area contributed by atoms with E-state index >= 15 is 0 Å². The van der Waals surface area contributed by atoms with E-state index < -0.39 is 5.97 Å². The lowest BCUT2D eigenvalue weighted by atomic mass is 9.97. The van der Waals surface area contributed by atoms with Gasteiger partial charge in [-0.3, -0.25) is 4.79 Å². The number of rotatable bonds is 9. The minimum atomic E-state index is -0.412. The Morgan fingerprint density at radius 1 is 1.33 bits per heavy atom. The van der Waals surface area contributed by atoms with Crippen LogP contribution in [0.15, 0.2) is 23.1 Å². The Hall–Kier alpha value is -2.45. The predicted octanol–water partition coefficient (Wildman–Crippen LogP) is 4.90. The molecule has 2 aromatic heterocycles. The molecule has 4 rings (SSSR count). The van der Waals surface area contributed by atoms with Gasteiger partial charge in [0.25, 0.3) is 5.91 Å². The van der Waals surface area contributed by atoms with Crippen LogP contribution in [0.3, 0.4) is 0 Å². The lowest BCUT2D eigenvalue weighted by Crippen LogP contribution is -2.32. The summed E-state index contributed by atoms with van der Waals surface area (Å²) in [5.74, 6) is -0.508. The maximum absolute atomic E-state index is 13.0. The fourth-order valence-electron chi connectivity index (χ4n) is 4.55. The normalized spacial score (nSPS) is 18.2. The van der Waals surface area contributed by atoms with Crippen LogP contribution < -0.4 is 5.32 Å². The molecule has 8 heteroatoms. The third-order valence-electron chi connectivity index (χ3n) is 6.38. The maximum atomic E-state index is 13.0. The van der Waals surface area contributed by atoms with Gasteiger partial charge in [-0.05, 0) is 64.9 Å². The number of carbonyl (C=O) groups excluding carboxylic acids is 2. The zero-order valence-electron chi connectivity index (χ0n) is 19.5. The van der Waals surface area contributed by atoms with Crippen LogP contribution in [-0.4, -0.2) is 47.3 Å². The van der Waals surface area contributed by atoms with Crippen LogP contribution in [-0.2, 0) is 16.0 Å². The van der Waals surface area contributed by atoms with Gasteiger partial charge in [-0.1, -0.05) is 11.6 Å². The molecular weight excluding hydrogens is 438 g/mol. The van der Waals surface area contributed by atoms with E-state index in [1.807, 2.05) is 18.4 Å². The summed E-state index contributed by atoms with van der Waals surface area (Å²) < 4.78 is 12.9. The molecule has 1 saturated heterocycles. The molecule has 1 aliphatic carbocycles. The molecule has 0 bridgehead atoms. The largest absolute Gasteiger partial charge is 0.461 e. The Morgan fingerprint density at radius 3 is 2.94 bits per heavy atom. The van der Waals surface area contributed by atoms with Crippen molar-refractivity contribution in [3.05, 3.63) is 39.4 Å². The Labute approximate surface area is 199 Å². The van der Waals surface area contributed by atoms with Gasteiger partial charge in [-0.25, -0.2) is 9.78 Å². The molecule has 1 unspecified atom stereocenters. The molecule has 178 valence electrons. The lowest BCUT2D eigenvalue weighted by molar-refractivity contribution is 0.0526. The number of thiazole rings is 1. The van der Waals surface area contributed by atoms with Crippen molar-refractivity contribution in [3.8, 4) is 11.4 Å². The van der Waals surface area contributed by atoms with Gasteiger partial charge >= 0.3 is 5.97 Å². The van der Waals surface area contributed by atoms with E-state index in [1.165, 1.54) is 29.8 Å². The molecule has 2 aromatic rings. The molecule has 1 fully saturated rings. The van der Waals surface area contributed by atoms with Crippen molar-refractivity contribution in [3.63, 3.8) is 0 Å². The number of amides is 1. The predicted molar refractivity (Wildman–Crippen MR) is 129 cm³/mol. The number of esters is 1. The first kappa shape index (κ1) is 23.7. The Bertz CT molecular complexity index is 1020. The number of hydrogen-bond donors (Lipinski definition) is 1. The summed E-state index contributed by atoms with van der Waals surface area (Å²) in [6.45, 7) is 6.14. The zero-order valence-corrected chi connectivity index (χ0v) is 20.3. The first-order chi connectivity index (χ1) is 16.1. The number of aromatic nitrogens is 2. The summed E-state index contributed by atoms with van der Waals surface area (Å²) in [5.41, 5.74) is 4.60. The first-order valence-corrected chi connectivity index (χ1v) is 12.9. The van der Waals surface area contributed by atoms with Crippen molar-refractivity contribution >= 4 is 23.2 Å². The molecule has 1 amide bonds. The highest BCUT2D eigenvalue weighted by atomic mass is 32.1.